The van der Waals surface area contributed by atoms with Crippen LogP contribution in [0.2, 0.25) is 0 Å². The molecule has 17 heavy (non-hydrogen) atoms. The minimum Gasteiger partial charge on any atom is -0.348 e. The summed E-state index contributed by atoms with van der Waals surface area (Å²) in [6.45, 7) is 7.51. The number of aryl methyl sites for hydroxylation is 1. The van der Waals surface area contributed by atoms with Gasteiger partial charge in [-0.1, -0.05) is 6.92 Å². The molecule has 6 nitrogen and oxygen atoms in total. The minimum absolute atomic E-state index is 0.202. The first-order valence-electron chi connectivity index (χ1n) is 5.92. The van der Waals surface area contributed by atoms with Crippen LogP contribution < -0.4 is 5.32 Å². The molecule has 1 rings (SSSR count). The number of H-pyrrole nitrogens is 1. The summed E-state index contributed by atoms with van der Waals surface area (Å²) in [5.41, 5.74) is 0. The van der Waals surface area contributed by atoms with Crippen LogP contribution in [-0.4, -0.2) is 52.2 Å². The molecular weight excluding hydrogens is 218 g/mol. The lowest BCUT2D eigenvalue weighted by molar-refractivity contribution is 0.0937. The Morgan fingerprint density at radius 2 is 2.29 bits per heavy atom. The smallest absolute Gasteiger partial charge is 0.291 e. The fourth-order valence-corrected chi connectivity index (χ4v) is 1.40. The monoisotopic (exact) mass is 239 g/mol. The second-order valence-corrected chi connectivity index (χ2v) is 4.24. The molecule has 2 N–H and O–H groups in total. The van der Waals surface area contributed by atoms with Crippen LogP contribution in [0.4, 0.5) is 0 Å². The summed E-state index contributed by atoms with van der Waals surface area (Å²) in [5, 5.41) is 9.24. The second kappa shape index (κ2) is 6.34. The molecule has 0 saturated heterocycles. The van der Waals surface area contributed by atoms with Gasteiger partial charge in [0, 0.05) is 19.1 Å². The number of aromatic nitrogens is 3. The number of rotatable bonds is 6. The maximum absolute atomic E-state index is 11.6. The van der Waals surface area contributed by atoms with Crippen LogP contribution in [0.1, 0.15) is 36.7 Å². The molecule has 0 aliphatic carbocycles. The van der Waals surface area contributed by atoms with Crippen molar-refractivity contribution < 1.29 is 4.79 Å². The Hall–Kier alpha value is -1.43. The number of carbonyl (C=O) groups excluding carboxylic acids is 1. The van der Waals surface area contributed by atoms with Crippen LogP contribution in [0.3, 0.4) is 0 Å². The van der Waals surface area contributed by atoms with Crippen molar-refractivity contribution in [3.05, 3.63) is 11.6 Å². The highest BCUT2D eigenvalue weighted by Crippen LogP contribution is 1.98. The maximum atomic E-state index is 11.6. The highest BCUT2D eigenvalue weighted by molar-refractivity contribution is 5.90. The zero-order chi connectivity index (χ0) is 12.8. The molecule has 1 aromatic heterocycles. The molecule has 0 fully saturated rings. The third kappa shape index (κ3) is 4.14. The van der Waals surface area contributed by atoms with E-state index in [0.29, 0.717) is 18.4 Å². The average molecular weight is 239 g/mol. The SMILES string of the molecule is CCC(C)N(C)CCNC(=O)c1n[nH]c(C)n1. The lowest BCUT2D eigenvalue weighted by atomic mass is 10.2. The third-order valence-electron chi connectivity index (χ3n) is 2.89. The summed E-state index contributed by atoms with van der Waals surface area (Å²) in [5.74, 6) is 0.618. The number of aromatic amines is 1. The fourth-order valence-electron chi connectivity index (χ4n) is 1.40. The van der Waals surface area contributed by atoms with E-state index in [1.54, 1.807) is 6.92 Å². The van der Waals surface area contributed by atoms with Gasteiger partial charge in [0.25, 0.3) is 5.91 Å². The van der Waals surface area contributed by atoms with E-state index in [-0.39, 0.29) is 11.7 Å². The van der Waals surface area contributed by atoms with Gasteiger partial charge in [0.2, 0.25) is 5.82 Å². The average Bonchev–Trinajstić information content (AvgIpc) is 2.74. The van der Waals surface area contributed by atoms with E-state index >= 15 is 0 Å². The molecule has 1 unspecified atom stereocenters. The Labute approximate surface area is 102 Å². The molecule has 0 radical (unpaired) electrons. The van der Waals surface area contributed by atoms with E-state index in [1.165, 1.54) is 0 Å². The number of nitrogens with zero attached hydrogens (tertiary/aromatic N) is 3. The first-order chi connectivity index (χ1) is 8.04. The summed E-state index contributed by atoms with van der Waals surface area (Å²) in [6, 6.07) is 0.526. The Bertz CT molecular complexity index is 362. The van der Waals surface area contributed by atoms with Crippen molar-refractivity contribution in [3.8, 4) is 0 Å². The van der Waals surface area contributed by atoms with Gasteiger partial charge in [-0.2, -0.15) is 0 Å². The van der Waals surface area contributed by atoms with Crippen LogP contribution in [0.15, 0.2) is 0 Å². The molecule has 6 heteroatoms. The van der Waals surface area contributed by atoms with Crippen LogP contribution >= 0.6 is 0 Å². The summed E-state index contributed by atoms with van der Waals surface area (Å²) in [4.78, 5) is 17.8. The summed E-state index contributed by atoms with van der Waals surface area (Å²) < 4.78 is 0. The Morgan fingerprint density at radius 3 is 2.82 bits per heavy atom. The fraction of sp³-hybridized carbons (Fsp3) is 0.727. The molecule has 1 atom stereocenters. The van der Waals surface area contributed by atoms with E-state index in [2.05, 4.69) is 46.3 Å². The molecule has 0 aliphatic heterocycles. The molecule has 0 aliphatic rings. The number of carbonyl (C=O) groups is 1. The third-order valence-corrected chi connectivity index (χ3v) is 2.89. The Balaban J connectivity index is 2.30. The molecule has 96 valence electrons. The zero-order valence-corrected chi connectivity index (χ0v) is 10.9. The number of hydrogen-bond donors (Lipinski definition) is 2. The highest BCUT2D eigenvalue weighted by Gasteiger charge is 2.11. The van der Waals surface area contributed by atoms with Crippen molar-refractivity contribution in [2.45, 2.75) is 33.2 Å². The largest absolute Gasteiger partial charge is 0.348 e. The van der Waals surface area contributed by atoms with Gasteiger partial charge in [0.15, 0.2) is 0 Å². The summed E-state index contributed by atoms with van der Waals surface area (Å²) in [7, 11) is 2.05. The van der Waals surface area contributed by atoms with Crippen molar-refractivity contribution >= 4 is 5.91 Å². The molecule has 0 bridgehead atoms. The van der Waals surface area contributed by atoms with Gasteiger partial charge in [-0.25, -0.2) is 4.98 Å². The molecule has 0 saturated carbocycles. The maximum Gasteiger partial charge on any atom is 0.291 e. The topological polar surface area (TPSA) is 73.9 Å². The van der Waals surface area contributed by atoms with E-state index in [0.717, 1.165) is 13.0 Å². The summed E-state index contributed by atoms with van der Waals surface area (Å²) in [6.07, 6.45) is 1.10. The van der Waals surface area contributed by atoms with Gasteiger partial charge in [0.1, 0.15) is 5.82 Å². The van der Waals surface area contributed by atoms with Crippen molar-refractivity contribution in [2.75, 3.05) is 20.1 Å². The Kier molecular flexibility index (Phi) is 5.09. The quantitative estimate of drug-likeness (QED) is 0.761. The lowest BCUT2D eigenvalue weighted by Gasteiger charge is -2.23. The molecular formula is C11H21N5O. The number of likely N-dealkylation sites (N-methyl/N-ethyl adjacent to an activating group) is 1. The van der Waals surface area contributed by atoms with Gasteiger partial charge < -0.3 is 10.2 Å². The van der Waals surface area contributed by atoms with Crippen LogP contribution in [0.5, 0.6) is 0 Å². The van der Waals surface area contributed by atoms with Crippen molar-refractivity contribution in [3.63, 3.8) is 0 Å². The van der Waals surface area contributed by atoms with Crippen molar-refractivity contribution in [1.82, 2.24) is 25.4 Å². The van der Waals surface area contributed by atoms with E-state index < -0.39 is 0 Å². The highest BCUT2D eigenvalue weighted by atomic mass is 16.2. The Morgan fingerprint density at radius 1 is 1.59 bits per heavy atom. The predicted octanol–water partition coefficient (Wildman–Crippen LogP) is 0.573. The van der Waals surface area contributed by atoms with Gasteiger partial charge in [-0.05, 0) is 27.3 Å². The normalized spacial score (nSPS) is 12.8. The molecule has 0 spiro atoms. The molecule has 0 aromatic carbocycles. The second-order valence-electron chi connectivity index (χ2n) is 4.24. The molecule has 1 heterocycles. The van der Waals surface area contributed by atoms with Crippen molar-refractivity contribution in [1.29, 1.82) is 0 Å². The van der Waals surface area contributed by atoms with Gasteiger partial charge >= 0.3 is 0 Å². The van der Waals surface area contributed by atoms with Gasteiger partial charge in [-0.15, -0.1) is 5.10 Å². The minimum atomic E-state index is -0.230. The van der Waals surface area contributed by atoms with Crippen molar-refractivity contribution in [2.24, 2.45) is 0 Å². The van der Waals surface area contributed by atoms with Crippen LogP contribution in [0, 0.1) is 6.92 Å². The zero-order valence-electron chi connectivity index (χ0n) is 10.9. The van der Waals surface area contributed by atoms with E-state index in [1.807, 2.05) is 0 Å². The number of nitrogens with one attached hydrogen (secondary N) is 2. The van der Waals surface area contributed by atoms with Gasteiger partial charge in [0.05, 0.1) is 0 Å². The lowest BCUT2D eigenvalue weighted by Crippen LogP contribution is -2.37. The predicted molar refractivity (Wildman–Crippen MR) is 65.8 cm³/mol. The van der Waals surface area contributed by atoms with Crippen LogP contribution in [-0.2, 0) is 0 Å². The summed E-state index contributed by atoms with van der Waals surface area (Å²) >= 11 is 0. The molecule has 1 aromatic rings. The van der Waals surface area contributed by atoms with Gasteiger partial charge in [-0.3, -0.25) is 9.89 Å². The first kappa shape index (κ1) is 13.6. The van der Waals surface area contributed by atoms with E-state index in [4.69, 9.17) is 0 Å². The standard InChI is InChI=1S/C11H21N5O/c1-5-8(2)16(4)7-6-12-11(17)10-13-9(3)14-15-10/h8H,5-7H2,1-4H3,(H,12,17)(H,13,14,15). The number of hydrogen-bond acceptors (Lipinski definition) is 4. The first-order valence-corrected chi connectivity index (χ1v) is 5.92. The van der Waals surface area contributed by atoms with Crippen LogP contribution in [0.25, 0.3) is 0 Å². The molecule has 1 amide bonds. The number of amides is 1. The van der Waals surface area contributed by atoms with E-state index in [9.17, 15) is 4.79 Å².